The van der Waals surface area contributed by atoms with E-state index in [4.69, 9.17) is 13.9 Å². The fourth-order valence-electron chi connectivity index (χ4n) is 3.83. The molecule has 9 heteroatoms. The van der Waals surface area contributed by atoms with E-state index in [9.17, 15) is 30.3 Å². The molecule has 0 saturated carbocycles. The smallest absolute Gasteiger partial charge is 0.197 e. The van der Waals surface area contributed by atoms with Crippen LogP contribution in [0.5, 0.6) is 11.5 Å². The van der Waals surface area contributed by atoms with Gasteiger partial charge in [0, 0.05) is 17.7 Å². The lowest BCUT2D eigenvalue weighted by molar-refractivity contribution is -0.231. The van der Waals surface area contributed by atoms with E-state index in [1.54, 1.807) is 30.3 Å². The molecule has 2 aromatic carbocycles. The summed E-state index contributed by atoms with van der Waals surface area (Å²) in [5, 5.41) is 50.8. The van der Waals surface area contributed by atoms with Gasteiger partial charge >= 0.3 is 0 Å². The number of aliphatic hydroxyl groups is 4. The molecule has 0 unspecified atom stereocenters. The summed E-state index contributed by atoms with van der Waals surface area (Å²) < 4.78 is 17.0. The predicted molar refractivity (Wildman–Crippen MR) is 109 cm³/mol. The third kappa shape index (κ3) is 3.56. The Hall–Kier alpha value is -2.95. The topological polar surface area (TPSA) is 150 Å². The number of hydrogen-bond acceptors (Lipinski definition) is 9. The summed E-state index contributed by atoms with van der Waals surface area (Å²) in [6, 6.07) is 11.2. The van der Waals surface area contributed by atoms with Crippen LogP contribution >= 0.6 is 0 Å². The summed E-state index contributed by atoms with van der Waals surface area (Å²) in [6.45, 7) is -0.626. The lowest BCUT2D eigenvalue weighted by Gasteiger charge is -2.40. The van der Waals surface area contributed by atoms with Crippen LogP contribution in [0.15, 0.2) is 51.7 Å². The van der Waals surface area contributed by atoms with Crippen LogP contribution in [-0.4, -0.2) is 63.7 Å². The maximum Gasteiger partial charge on any atom is 0.197 e. The number of aliphatic hydroxyl groups excluding tert-OH is 4. The minimum absolute atomic E-state index is 0.0303. The first-order valence-electron chi connectivity index (χ1n) is 9.61. The van der Waals surface area contributed by atoms with Gasteiger partial charge in [0.05, 0.1) is 19.3 Å². The number of phenols is 1. The van der Waals surface area contributed by atoms with Crippen molar-refractivity contribution in [3.8, 4) is 22.8 Å². The van der Waals surface area contributed by atoms with E-state index in [-0.39, 0.29) is 28.0 Å². The minimum atomic E-state index is -1.64. The molecule has 5 N–H and O–H groups in total. The van der Waals surface area contributed by atoms with Crippen molar-refractivity contribution in [3.63, 3.8) is 0 Å². The summed E-state index contributed by atoms with van der Waals surface area (Å²) in [4.78, 5) is 12.9. The highest BCUT2D eigenvalue weighted by Crippen LogP contribution is 2.44. The second-order valence-electron chi connectivity index (χ2n) is 7.31. The summed E-state index contributed by atoms with van der Waals surface area (Å²) in [5.41, 5.74) is 0.0178. The number of phenolic OH excluding ortho intramolecular Hbond substituents is 1. The van der Waals surface area contributed by atoms with E-state index < -0.39 is 48.3 Å². The zero-order valence-electron chi connectivity index (χ0n) is 16.5. The zero-order valence-corrected chi connectivity index (χ0v) is 16.5. The van der Waals surface area contributed by atoms with E-state index >= 15 is 0 Å². The van der Waals surface area contributed by atoms with Crippen LogP contribution in [0.2, 0.25) is 0 Å². The molecule has 4 rings (SSSR count). The van der Waals surface area contributed by atoms with Gasteiger partial charge in [-0.25, -0.2) is 0 Å². The Morgan fingerprint density at radius 2 is 1.74 bits per heavy atom. The average molecular weight is 430 g/mol. The lowest BCUT2D eigenvalue weighted by atomic mass is 9.89. The van der Waals surface area contributed by atoms with E-state index in [0.29, 0.717) is 5.56 Å². The van der Waals surface area contributed by atoms with Crippen LogP contribution in [-0.2, 0) is 4.74 Å². The summed E-state index contributed by atoms with van der Waals surface area (Å²) >= 11 is 0. The third-order valence-corrected chi connectivity index (χ3v) is 5.44. The number of benzene rings is 2. The standard InChI is InChI=1S/C22H22O9/c1-29-14-8-12(25)16-11(24)7-13(10-5-3-2-4-6-10)30-21(16)17(14)22-20(28)19(27)18(26)15(9-23)31-22/h2-8,15,18-20,22-23,25-28H,9H2,1H3/t15-,18-,19+,20-,22+/m1/s1. The van der Waals surface area contributed by atoms with Gasteiger partial charge in [-0.15, -0.1) is 0 Å². The molecule has 1 fully saturated rings. The molecular weight excluding hydrogens is 408 g/mol. The van der Waals surface area contributed by atoms with Crippen molar-refractivity contribution in [2.45, 2.75) is 30.5 Å². The van der Waals surface area contributed by atoms with Gasteiger partial charge in [0.2, 0.25) is 0 Å². The molecule has 1 aliphatic heterocycles. The Bertz CT molecular complexity index is 1140. The van der Waals surface area contributed by atoms with Crippen LogP contribution in [0.3, 0.4) is 0 Å². The van der Waals surface area contributed by atoms with Gasteiger partial charge in [-0.05, 0) is 0 Å². The van der Waals surface area contributed by atoms with Crippen molar-refractivity contribution in [1.82, 2.24) is 0 Å². The van der Waals surface area contributed by atoms with Gasteiger partial charge in [0.15, 0.2) is 11.0 Å². The normalized spacial score (nSPS) is 26.2. The second-order valence-corrected chi connectivity index (χ2v) is 7.31. The number of fused-ring (bicyclic) bond motifs is 1. The molecule has 1 aliphatic rings. The lowest BCUT2D eigenvalue weighted by Crippen LogP contribution is -2.55. The molecular formula is C22H22O9. The number of methoxy groups -OCH3 is 1. The first kappa shape index (κ1) is 21.3. The minimum Gasteiger partial charge on any atom is -0.507 e. The molecule has 1 saturated heterocycles. The molecule has 164 valence electrons. The Labute approximate surface area is 176 Å². The zero-order chi connectivity index (χ0) is 22.3. The first-order chi connectivity index (χ1) is 14.9. The largest absolute Gasteiger partial charge is 0.507 e. The Morgan fingerprint density at radius 3 is 2.39 bits per heavy atom. The van der Waals surface area contributed by atoms with Gasteiger partial charge in [0.1, 0.15) is 53.2 Å². The van der Waals surface area contributed by atoms with Crippen molar-refractivity contribution in [1.29, 1.82) is 0 Å². The van der Waals surface area contributed by atoms with Gasteiger partial charge in [-0.2, -0.15) is 0 Å². The van der Waals surface area contributed by atoms with Gasteiger partial charge in [0.25, 0.3) is 0 Å². The highest BCUT2D eigenvalue weighted by Gasteiger charge is 2.46. The average Bonchev–Trinajstić information content (AvgIpc) is 2.78. The molecule has 0 spiro atoms. The van der Waals surface area contributed by atoms with Crippen molar-refractivity contribution in [2.24, 2.45) is 0 Å². The number of aromatic hydroxyl groups is 1. The molecule has 5 atom stereocenters. The van der Waals surface area contributed by atoms with Crippen molar-refractivity contribution in [3.05, 3.63) is 58.3 Å². The predicted octanol–water partition coefficient (Wildman–Crippen LogP) is 0.689. The van der Waals surface area contributed by atoms with E-state index in [1.807, 2.05) is 0 Å². The fraction of sp³-hybridized carbons (Fsp3) is 0.318. The van der Waals surface area contributed by atoms with Crippen molar-refractivity contribution in [2.75, 3.05) is 13.7 Å². The quantitative estimate of drug-likeness (QED) is 0.403. The maximum atomic E-state index is 12.9. The molecule has 31 heavy (non-hydrogen) atoms. The van der Waals surface area contributed by atoms with Crippen LogP contribution in [0.1, 0.15) is 11.7 Å². The summed E-state index contributed by atoms with van der Waals surface area (Å²) in [7, 11) is 1.31. The molecule has 0 aliphatic carbocycles. The molecule has 3 aromatic rings. The summed E-state index contributed by atoms with van der Waals surface area (Å²) in [5.74, 6) is -0.159. The Kier molecular flexibility index (Phi) is 5.69. The third-order valence-electron chi connectivity index (χ3n) is 5.44. The van der Waals surface area contributed by atoms with Gasteiger partial charge < -0.3 is 39.4 Å². The highest BCUT2D eigenvalue weighted by atomic mass is 16.5. The second kappa shape index (κ2) is 8.29. The van der Waals surface area contributed by atoms with E-state index in [0.717, 1.165) is 0 Å². The van der Waals surface area contributed by atoms with Gasteiger partial charge in [-0.3, -0.25) is 4.79 Å². The van der Waals surface area contributed by atoms with Gasteiger partial charge in [-0.1, -0.05) is 30.3 Å². The molecule has 0 amide bonds. The molecule has 0 radical (unpaired) electrons. The summed E-state index contributed by atoms with van der Waals surface area (Å²) in [6.07, 6.45) is -7.35. The Morgan fingerprint density at radius 1 is 1.03 bits per heavy atom. The maximum absolute atomic E-state index is 12.9. The Balaban J connectivity index is 2.00. The first-order valence-corrected chi connectivity index (χ1v) is 9.61. The fourth-order valence-corrected chi connectivity index (χ4v) is 3.83. The SMILES string of the molecule is COc1cc(O)c2c(=O)cc(-c3ccccc3)oc2c1[C@@H]1O[C@H](CO)[C@@H](O)[C@H](O)[C@H]1O. The molecule has 9 nitrogen and oxygen atoms in total. The molecule has 2 heterocycles. The van der Waals surface area contributed by atoms with E-state index in [2.05, 4.69) is 0 Å². The van der Waals surface area contributed by atoms with Crippen molar-refractivity contribution >= 4 is 11.0 Å². The molecule has 1 aromatic heterocycles. The highest BCUT2D eigenvalue weighted by molar-refractivity contribution is 5.89. The number of rotatable bonds is 4. The van der Waals surface area contributed by atoms with E-state index in [1.165, 1.54) is 19.2 Å². The van der Waals surface area contributed by atoms with Crippen LogP contribution in [0.25, 0.3) is 22.3 Å². The van der Waals surface area contributed by atoms with Crippen molar-refractivity contribution < 1.29 is 39.4 Å². The van der Waals surface area contributed by atoms with Crippen LogP contribution < -0.4 is 10.2 Å². The van der Waals surface area contributed by atoms with Crippen LogP contribution in [0, 0.1) is 0 Å². The van der Waals surface area contributed by atoms with Crippen LogP contribution in [0.4, 0.5) is 0 Å². The monoisotopic (exact) mass is 430 g/mol. The molecule has 0 bridgehead atoms. The number of ether oxygens (including phenoxy) is 2. The number of hydrogen-bond donors (Lipinski definition) is 5.